The summed E-state index contributed by atoms with van der Waals surface area (Å²) in [6.45, 7) is -0.319. The van der Waals surface area contributed by atoms with Crippen LogP contribution in [0.2, 0.25) is 0 Å². The Balaban J connectivity index is 2.88. The fourth-order valence-corrected chi connectivity index (χ4v) is 1.26. The van der Waals surface area contributed by atoms with Crippen LogP contribution in [0.15, 0.2) is 9.59 Å². The highest BCUT2D eigenvalue weighted by molar-refractivity contribution is 7.49. The first-order chi connectivity index (χ1) is 6.25. The van der Waals surface area contributed by atoms with Gasteiger partial charge in [-0.05, 0) is 7.05 Å². The van der Waals surface area contributed by atoms with Crippen LogP contribution in [-0.4, -0.2) is 21.5 Å². The molecular formula is C6H9N2O5P. The second-order valence-electron chi connectivity index (χ2n) is 2.88. The number of nitrogens with two attached hydrogens (primary N) is 1. The van der Waals surface area contributed by atoms with Gasteiger partial charge in [-0.15, -0.1) is 0 Å². The predicted molar refractivity (Wildman–Crippen MR) is 49.3 cm³/mol. The summed E-state index contributed by atoms with van der Waals surface area (Å²) in [5.41, 5.74) is 3.36. The molecule has 0 heterocycles. The standard InChI is InChI=1S/C6H9N2O5P/c1-8(14(11,12)13)2-3-4(7)6(10)5(3)9/h2,7H2,1H3,(H2,11,12,13). The van der Waals surface area contributed by atoms with E-state index in [2.05, 4.69) is 0 Å². The highest BCUT2D eigenvalue weighted by Crippen LogP contribution is 2.39. The summed E-state index contributed by atoms with van der Waals surface area (Å²) in [5.74, 6) is 0. The summed E-state index contributed by atoms with van der Waals surface area (Å²) in [6.07, 6.45) is 0. The van der Waals surface area contributed by atoms with E-state index in [1.54, 1.807) is 0 Å². The molecule has 0 aliphatic heterocycles. The predicted octanol–water partition coefficient (Wildman–Crippen LogP) is -1.61. The molecule has 0 aliphatic carbocycles. The maximum atomic E-state index is 10.9. The van der Waals surface area contributed by atoms with Crippen molar-refractivity contribution in [1.82, 2.24) is 4.67 Å². The Kier molecular flexibility index (Phi) is 2.60. The SMILES string of the molecule is CN(Cc1c(N)c(=O)c1=O)P(=O)(O)O. The summed E-state index contributed by atoms with van der Waals surface area (Å²) in [7, 11) is -3.25. The molecule has 0 unspecified atom stereocenters. The van der Waals surface area contributed by atoms with E-state index in [9.17, 15) is 14.2 Å². The largest absolute Gasteiger partial charge is 0.403 e. The third kappa shape index (κ3) is 1.76. The minimum Gasteiger partial charge on any atom is -0.395 e. The van der Waals surface area contributed by atoms with E-state index < -0.39 is 18.6 Å². The molecule has 0 bridgehead atoms. The molecule has 0 saturated carbocycles. The lowest BCUT2D eigenvalue weighted by Crippen LogP contribution is -2.40. The maximum Gasteiger partial charge on any atom is 0.403 e. The Hall–Kier alpha value is -1.01. The molecule has 14 heavy (non-hydrogen) atoms. The molecule has 78 valence electrons. The molecule has 0 amide bonds. The Morgan fingerprint density at radius 2 is 1.86 bits per heavy atom. The molecule has 4 N–H and O–H groups in total. The molecule has 0 aromatic heterocycles. The van der Waals surface area contributed by atoms with Crippen molar-refractivity contribution in [3.05, 3.63) is 26.0 Å². The number of rotatable bonds is 3. The van der Waals surface area contributed by atoms with Crippen molar-refractivity contribution in [3.63, 3.8) is 0 Å². The Bertz CT molecular complexity index is 469. The minimum absolute atomic E-state index is 0.0409. The lowest BCUT2D eigenvalue weighted by Gasteiger charge is -2.18. The van der Waals surface area contributed by atoms with Gasteiger partial charge in [-0.2, -0.15) is 0 Å². The molecule has 1 aromatic carbocycles. The van der Waals surface area contributed by atoms with Crippen molar-refractivity contribution in [2.75, 3.05) is 12.8 Å². The first-order valence-electron chi connectivity index (χ1n) is 3.60. The van der Waals surface area contributed by atoms with Crippen LogP contribution in [0.1, 0.15) is 5.56 Å². The molecule has 1 aromatic rings. The van der Waals surface area contributed by atoms with E-state index in [4.69, 9.17) is 15.5 Å². The average molecular weight is 220 g/mol. The van der Waals surface area contributed by atoms with E-state index in [0.717, 1.165) is 7.05 Å². The lowest BCUT2D eigenvalue weighted by atomic mass is 10.1. The van der Waals surface area contributed by atoms with Gasteiger partial charge in [0.2, 0.25) is 10.9 Å². The first-order valence-corrected chi connectivity index (χ1v) is 5.16. The van der Waals surface area contributed by atoms with Gasteiger partial charge >= 0.3 is 7.75 Å². The smallest absolute Gasteiger partial charge is 0.395 e. The number of nitrogens with zero attached hydrogens (tertiary/aromatic N) is 1. The van der Waals surface area contributed by atoms with Gasteiger partial charge in [-0.25, -0.2) is 9.24 Å². The number of nitrogen functional groups attached to an aromatic ring is 1. The molecule has 0 atom stereocenters. The molecule has 1 rings (SSSR count). The number of anilines is 1. The first kappa shape index (κ1) is 11.1. The number of hydrogen-bond acceptors (Lipinski definition) is 4. The van der Waals surface area contributed by atoms with Gasteiger partial charge in [-0.3, -0.25) is 9.59 Å². The highest BCUT2D eigenvalue weighted by Gasteiger charge is 2.26. The van der Waals surface area contributed by atoms with Crippen molar-refractivity contribution >= 4 is 13.4 Å². The van der Waals surface area contributed by atoms with Crippen molar-refractivity contribution in [1.29, 1.82) is 0 Å². The van der Waals surface area contributed by atoms with E-state index in [-0.39, 0.29) is 17.8 Å². The summed E-state index contributed by atoms with van der Waals surface area (Å²) in [5, 5.41) is 0. The van der Waals surface area contributed by atoms with Crippen LogP contribution in [0.25, 0.3) is 0 Å². The Labute approximate surface area is 78.7 Å². The van der Waals surface area contributed by atoms with Crippen LogP contribution < -0.4 is 16.6 Å². The maximum absolute atomic E-state index is 10.9. The van der Waals surface area contributed by atoms with Crippen molar-refractivity contribution < 1.29 is 14.4 Å². The molecule has 0 saturated heterocycles. The molecule has 0 aliphatic rings. The van der Waals surface area contributed by atoms with E-state index in [1.807, 2.05) is 0 Å². The van der Waals surface area contributed by atoms with E-state index in [0.29, 0.717) is 4.67 Å². The van der Waals surface area contributed by atoms with Gasteiger partial charge in [0, 0.05) is 12.1 Å². The molecule has 0 radical (unpaired) electrons. The van der Waals surface area contributed by atoms with Crippen molar-refractivity contribution in [3.8, 4) is 0 Å². The van der Waals surface area contributed by atoms with E-state index in [1.165, 1.54) is 0 Å². The molecule has 0 spiro atoms. The summed E-state index contributed by atoms with van der Waals surface area (Å²) < 4.78 is 11.3. The zero-order valence-electron chi connectivity index (χ0n) is 7.30. The molecule has 8 heteroatoms. The van der Waals surface area contributed by atoms with Gasteiger partial charge in [0.15, 0.2) is 0 Å². The van der Waals surface area contributed by atoms with Gasteiger partial charge in [-0.1, -0.05) is 0 Å². The summed E-state index contributed by atoms with van der Waals surface area (Å²) >= 11 is 0. The van der Waals surface area contributed by atoms with Crippen molar-refractivity contribution in [2.24, 2.45) is 0 Å². The molecule has 7 nitrogen and oxygen atoms in total. The summed E-state index contributed by atoms with van der Waals surface area (Å²) in [6, 6.07) is 0. The zero-order valence-corrected chi connectivity index (χ0v) is 8.19. The van der Waals surface area contributed by atoms with Crippen LogP contribution in [0.3, 0.4) is 0 Å². The lowest BCUT2D eigenvalue weighted by molar-refractivity contribution is 0.288. The Morgan fingerprint density at radius 1 is 1.36 bits per heavy atom. The monoisotopic (exact) mass is 220 g/mol. The fraction of sp³-hybridized carbons (Fsp3) is 0.333. The van der Waals surface area contributed by atoms with Gasteiger partial charge < -0.3 is 15.5 Å². The van der Waals surface area contributed by atoms with Gasteiger partial charge in [0.1, 0.15) is 0 Å². The molecule has 0 fully saturated rings. The van der Waals surface area contributed by atoms with Crippen LogP contribution >= 0.6 is 7.75 Å². The number of hydrogen-bond donors (Lipinski definition) is 3. The van der Waals surface area contributed by atoms with Crippen LogP contribution in [-0.2, 0) is 11.1 Å². The topological polar surface area (TPSA) is 121 Å². The van der Waals surface area contributed by atoms with Crippen LogP contribution in [0, 0.1) is 0 Å². The third-order valence-electron chi connectivity index (χ3n) is 1.88. The van der Waals surface area contributed by atoms with Gasteiger partial charge in [0.25, 0.3) is 0 Å². The normalized spacial score (nSPS) is 12.6. The van der Waals surface area contributed by atoms with E-state index >= 15 is 0 Å². The summed E-state index contributed by atoms with van der Waals surface area (Å²) in [4.78, 5) is 38.9. The zero-order chi connectivity index (χ0) is 11.1. The van der Waals surface area contributed by atoms with Crippen molar-refractivity contribution in [2.45, 2.75) is 6.54 Å². The minimum atomic E-state index is -4.38. The highest BCUT2D eigenvalue weighted by atomic mass is 31.2. The average Bonchev–Trinajstić information content (AvgIpc) is 2.10. The van der Waals surface area contributed by atoms with Crippen LogP contribution in [0.5, 0.6) is 0 Å². The third-order valence-corrected chi connectivity index (χ3v) is 2.91. The molecular weight excluding hydrogens is 211 g/mol. The van der Waals surface area contributed by atoms with Crippen LogP contribution in [0.4, 0.5) is 5.69 Å². The Morgan fingerprint density at radius 3 is 2.21 bits per heavy atom. The van der Waals surface area contributed by atoms with Gasteiger partial charge in [0.05, 0.1) is 5.69 Å². The fourth-order valence-electron chi connectivity index (χ4n) is 0.934. The second-order valence-corrected chi connectivity index (χ2v) is 4.59. The quantitative estimate of drug-likeness (QED) is 0.413. The second kappa shape index (κ2) is 3.29.